The first kappa shape index (κ1) is 15.0. The summed E-state index contributed by atoms with van der Waals surface area (Å²) in [5, 5.41) is 3.26. The number of rotatable bonds is 4. The lowest BCUT2D eigenvalue weighted by Gasteiger charge is -2.09. The molecule has 0 atom stereocenters. The largest absolute Gasteiger partial charge is 0.466 e. The van der Waals surface area contributed by atoms with Crippen molar-refractivity contribution in [3.05, 3.63) is 39.1 Å². The summed E-state index contributed by atoms with van der Waals surface area (Å²) in [7, 11) is 1.32. The van der Waals surface area contributed by atoms with Crippen LogP contribution in [0.2, 0.25) is 5.02 Å². The summed E-state index contributed by atoms with van der Waals surface area (Å²) in [4.78, 5) is 11.1. The van der Waals surface area contributed by atoms with Gasteiger partial charge in [-0.05, 0) is 35.0 Å². The van der Waals surface area contributed by atoms with E-state index >= 15 is 0 Å². The number of halogens is 3. The zero-order valence-corrected chi connectivity index (χ0v) is 12.2. The lowest BCUT2D eigenvalue weighted by molar-refractivity contribution is -0.136. The molecule has 1 aromatic rings. The maximum absolute atomic E-state index is 13.0. The molecule has 0 aromatic heterocycles. The van der Waals surface area contributed by atoms with Crippen LogP contribution in [-0.4, -0.2) is 19.6 Å². The molecule has 1 N–H and O–H groups in total. The maximum Gasteiger partial charge on any atom is 0.333 e. The molecule has 0 aliphatic heterocycles. The SMILES string of the molecule is COC(=O)C(C)=CCNc1c(Cl)cc(F)cc1Br. The molecule has 0 aliphatic rings. The lowest BCUT2D eigenvalue weighted by Crippen LogP contribution is -2.06. The van der Waals surface area contributed by atoms with Crippen LogP contribution in [-0.2, 0) is 9.53 Å². The number of nitrogens with one attached hydrogen (secondary N) is 1. The van der Waals surface area contributed by atoms with E-state index in [0.717, 1.165) is 0 Å². The Morgan fingerprint density at radius 2 is 2.28 bits per heavy atom. The van der Waals surface area contributed by atoms with Crippen molar-refractivity contribution in [1.82, 2.24) is 0 Å². The van der Waals surface area contributed by atoms with Gasteiger partial charge in [0.2, 0.25) is 0 Å². The molecule has 0 bridgehead atoms. The smallest absolute Gasteiger partial charge is 0.333 e. The normalized spacial score (nSPS) is 11.3. The molecule has 0 saturated heterocycles. The zero-order chi connectivity index (χ0) is 13.7. The van der Waals surface area contributed by atoms with E-state index in [-0.39, 0.29) is 11.0 Å². The predicted octanol–water partition coefficient (Wildman–Crippen LogP) is 3.77. The number of anilines is 1. The van der Waals surface area contributed by atoms with Gasteiger partial charge >= 0.3 is 5.97 Å². The highest BCUT2D eigenvalue weighted by atomic mass is 79.9. The van der Waals surface area contributed by atoms with Crippen molar-refractivity contribution in [2.24, 2.45) is 0 Å². The number of carbonyl (C=O) groups excluding carboxylic acids is 1. The molecule has 0 radical (unpaired) electrons. The van der Waals surface area contributed by atoms with E-state index in [1.807, 2.05) is 0 Å². The molecular weight excluding hydrogens is 324 g/mol. The Morgan fingerprint density at radius 1 is 1.61 bits per heavy atom. The van der Waals surface area contributed by atoms with E-state index < -0.39 is 5.82 Å². The third-order valence-corrected chi connectivity index (χ3v) is 3.12. The minimum atomic E-state index is -0.418. The van der Waals surface area contributed by atoms with Crippen LogP contribution in [0.1, 0.15) is 6.92 Å². The third-order valence-electron chi connectivity index (χ3n) is 2.20. The van der Waals surface area contributed by atoms with E-state index in [4.69, 9.17) is 11.6 Å². The molecular formula is C12H12BrClFNO2. The Balaban J connectivity index is 2.73. The second-order valence-electron chi connectivity index (χ2n) is 3.50. The van der Waals surface area contributed by atoms with Crippen LogP contribution in [0.4, 0.5) is 10.1 Å². The summed E-state index contributed by atoms with van der Waals surface area (Å²) >= 11 is 9.10. The molecule has 18 heavy (non-hydrogen) atoms. The van der Waals surface area contributed by atoms with E-state index in [2.05, 4.69) is 26.0 Å². The monoisotopic (exact) mass is 335 g/mol. The van der Waals surface area contributed by atoms with Gasteiger partial charge in [0.25, 0.3) is 0 Å². The van der Waals surface area contributed by atoms with Gasteiger partial charge in [-0.25, -0.2) is 9.18 Å². The summed E-state index contributed by atoms with van der Waals surface area (Å²) in [6.45, 7) is 2.03. The fraction of sp³-hybridized carbons (Fsp3) is 0.250. The standard InChI is InChI=1S/C12H12BrClFNO2/c1-7(12(17)18-2)3-4-16-11-9(13)5-8(15)6-10(11)14/h3,5-6,16H,4H2,1-2H3. The average Bonchev–Trinajstić information content (AvgIpc) is 2.31. The summed E-state index contributed by atoms with van der Waals surface area (Å²) in [5.74, 6) is -0.806. The Bertz CT molecular complexity index is 468. The lowest BCUT2D eigenvalue weighted by atomic mass is 10.2. The highest BCUT2D eigenvalue weighted by Crippen LogP contribution is 2.31. The predicted molar refractivity (Wildman–Crippen MR) is 73.4 cm³/mol. The van der Waals surface area contributed by atoms with Gasteiger partial charge in [0.1, 0.15) is 5.82 Å². The number of carbonyl (C=O) groups is 1. The highest BCUT2D eigenvalue weighted by molar-refractivity contribution is 9.10. The topological polar surface area (TPSA) is 38.3 Å². The Hall–Kier alpha value is -1.07. The van der Waals surface area contributed by atoms with Crippen molar-refractivity contribution >= 4 is 39.2 Å². The van der Waals surface area contributed by atoms with Crippen molar-refractivity contribution in [2.75, 3.05) is 19.0 Å². The van der Waals surface area contributed by atoms with Crippen molar-refractivity contribution in [3.8, 4) is 0 Å². The molecule has 0 aliphatic carbocycles. The quantitative estimate of drug-likeness (QED) is 0.672. The number of benzene rings is 1. The van der Waals surface area contributed by atoms with Crippen LogP contribution in [0, 0.1) is 5.82 Å². The maximum atomic E-state index is 13.0. The first-order valence-corrected chi connectivity index (χ1v) is 6.26. The van der Waals surface area contributed by atoms with Crippen LogP contribution >= 0.6 is 27.5 Å². The molecule has 98 valence electrons. The van der Waals surface area contributed by atoms with Crippen molar-refractivity contribution < 1.29 is 13.9 Å². The van der Waals surface area contributed by atoms with Crippen LogP contribution in [0.15, 0.2) is 28.3 Å². The number of esters is 1. The van der Waals surface area contributed by atoms with Gasteiger partial charge in [0, 0.05) is 16.6 Å². The van der Waals surface area contributed by atoms with E-state index in [1.54, 1.807) is 13.0 Å². The van der Waals surface area contributed by atoms with Gasteiger partial charge in [-0.3, -0.25) is 0 Å². The Labute approximate surface area is 118 Å². The van der Waals surface area contributed by atoms with E-state index in [0.29, 0.717) is 22.3 Å². The number of methoxy groups -OCH3 is 1. The van der Waals surface area contributed by atoms with Gasteiger partial charge in [0.05, 0.1) is 17.8 Å². The fourth-order valence-electron chi connectivity index (χ4n) is 1.26. The number of ether oxygens (including phenoxy) is 1. The van der Waals surface area contributed by atoms with Gasteiger partial charge in [-0.15, -0.1) is 0 Å². The average molecular weight is 337 g/mol. The molecule has 0 fully saturated rings. The Kier molecular flexibility index (Phi) is 5.62. The van der Waals surface area contributed by atoms with E-state index in [9.17, 15) is 9.18 Å². The number of hydrogen-bond acceptors (Lipinski definition) is 3. The minimum Gasteiger partial charge on any atom is -0.466 e. The summed E-state index contributed by atoms with van der Waals surface area (Å²) in [6, 6.07) is 2.52. The first-order valence-electron chi connectivity index (χ1n) is 5.09. The van der Waals surface area contributed by atoms with Gasteiger partial charge in [-0.1, -0.05) is 17.7 Å². The second kappa shape index (κ2) is 6.75. The van der Waals surface area contributed by atoms with Crippen molar-refractivity contribution in [1.29, 1.82) is 0 Å². The van der Waals surface area contributed by atoms with Gasteiger partial charge in [-0.2, -0.15) is 0 Å². The van der Waals surface area contributed by atoms with Crippen LogP contribution < -0.4 is 5.32 Å². The van der Waals surface area contributed by atoms with Gasteiger partial charge in [0.15, 0.2) is 0 Å². The van der Waals surface area contributed by atoms with Crippen LogP contribution in [0.5, 0.6) is 0 Å². The molecule has 6 heteroatoms. The van der Waals surface area contributed by atoms with Crippen molar-refractivity contribution in [3.63, 3.8) is 0 Å². The molecule has 0 saturated carbocycles. The second-order valence-corrected chi connectivity index (χ2v) is 4.77. The molecule has 0 unspecified atom stereocenters. The van der Waals surface area contributed by atoms with E-state index in [1.165, 1.54) is 19.2 Å². The van der Waals surface area contributed by atoms with Crippen molar-refractivity contribution in [2.45, 2.75) is 6.92 Å². The first-order chi connectivity index (χ1) is 8.45. The summed E-state index contributed by atoms with van der Waals surface area (Å²) in [6.07, 6.45) is 1.66. The van der Waals surface area contributed by atoms with Crippen LogP contribution in [0.25, 0.3) is 0 Å². The molecule has 1 rings (SSSR count). The molecule has 0 heterocycles. The summed E-state index contributed by atoms with van der Waals surface area (Å²) in [5.41, 5.74) is 1.06. The summed E-state index contributed by atoms with van der Waals surface area (Å²) < 4.78 is 18.1. The fourth-order valence-corrected chi connectivity index (χ4v) is 2.22. The number of hydrogen-bond donors (Lipinski definition) is 1. The third kappa shape index (κ3) is 3.99. The molecule has 0 amide bonds. The zero-order valence-electron chi connectivity index (χ0n) is 9.89. The minimum absolute atomic E-state index is 0.269. The molecule has 1 aromatic carbocycles. The molecule has 3 nitrogen and oxygen atoms in total. The Morgan fingerprint density at radius 3 is 2.83 bits per heavy atom. The van der Waals surface area contributed by atoms with Gasteiger partial charge < -0.3 is 10.1 Å². The van der Waals surface area contributed by atoms with Crippen LogP contribution in [0.3, 0.4) is 0 Å². The highest BCUT2D eigenvalue weighted by Gasteiger charge is 2.07. The molecule has 0 spiro atoms.